The van der Waals surface area contributed by atoms with E-state index in [9.17, 15) is 19.5 Å². The first-order chi connectivity index (χ1) is 21.5. The van der Waals surface area contributed by atoms with Gasteiger partial charge in [0, 0.05) is 25.1 Å². The molecule has 9 heteroatoms. The van der Waals surface area contributed by atoms with Gasteiger partial charge in [0.25, 0.3) is 5.91 Å². The number of hydrogen-bond acceptors (Lipinski definition) is 6. The molecule has 234 valence electrons. The summed E-state index contributed by atoms with van der Waals surface area (Å²) >= 11 is 0. The largest absolute Gasteiger partial charge is 0.480 e. The van der Waals surface area contributed by atoms with E-state index in [4.69, 9.17) is 4.74 Å². The van der Waals surface area contributed by atoms with E-state index in [-0.39, 0.29) is 31.4 Å². The highest BCUT2D eigenvalue weighted by Gasteiger charge is 2.58. The molecule has 2 N–H and O–H groups in total. The standard InChI is InChI=1S/C36H39N3O6/c1-35(2,3)22-45-34(44)36(20-25-14-9-10-16-27(25)37-36)33(43)39-28(23-11-5-4-6-12-23)17-18-29(39)31(40)38-21-26-15-8-7-13-24(26)19-30(38)32(41)42/h4-16,28-30,37H,17-22H2,1-3H3,(H,41,42)/t28-,29+,30+,36+/m0/s1. The molecule has 0 aliphatic carbocycles. The van der Waals surface area contributed by atoms with Crippen LogP contribution in [0.2, 0.25) is 0 Å². The quantitative estimate of drug-likeness (QED) is 0.306. The van der Waals surface area contributed by atoms with Crippen molar-refractivity contribution in [1.29, 1.82) is 0 Å². The molecule has 3 aliphatic heterocycles. The highest BCUT2D eigenvalue weighted by atomic mass is 16.5. The summed E-state index contributed by atoms with van der Waals surface area (Å²) in [6, 6.07) is 21.9. The number of anilines is 1. The van der Waals surface area contributed by atoms with Crippen LogP contribution in [0.25, 0.3) is 0 Å². The number of fused-ring (bicyclic) bond motifs is 2. The fourth-order valence-electron chi connectivity index (χ4n) is 6.83. The van der Waals surface area contributed by atoms with Crippen molar-refractivity contribution in [2.24, 2.45) is 5.41 Å². The topological polar surface area (TPSA) is 116 Å². The van der Waals surface area contributed by atoms with Crippen LogP contribution in [0, 0.1) is 5.41 Å². The normalized spacial score (nSPS) is 23.9. The lowest BCUT2D eigenvalue weighted by atomic mass is 9.91. The van der Waals surface area contributed by atoms with E-state index in [1.807, 2.05) is 99.6 Å². The van der Waals surface area contributed by atoms with Crippen molar-refractivity contribution in [3.05, 3.63) is 101 Å². The molecule has 6 rings (SSSR count). The fourth-order valence-corrected chi connectivity index (χ4v) is 6.83. The average molecular weight is 610 g/mol. The van der Waals surface area contributed by atoms with Crippen LogP contribution < -0.4 is 5.32 Å². The van der Waals surface area contributed by atoms with Crippen molar-refractivity contribution in [3.8, 4) is 0 Å². The molecule has 3 aromatic rings. The van der Waals surface area contributed by atoms with E-state index in [0.717, 1.165) is 22.3 Å². The fraction of sp³-hybridized carbons (Fsp3) is 0.389. The number of rotatable bonds is 6. The molecule has 3 aromatic carbocycles. The smallest absolute Gasteiger partial charge is 0.342 e. The second kappa shape index (κ2) is 11.7. The minimum Gasteiger partial charge on any atom is -0.480 e. The lowest BCUT2D eigenvalue weighted by Gasteiger charge is -2.41. The summed E-state index contributed by atoms with van der Waals surface area (Å²) in [6.45, 7) is 6.07. The zero-order valence-electron chi connectivity index (χ0n) is 25.9. The number of carbonyl (C=O) groups is 4. The van der Waals surface area contributed by atoms with Crippen LogP contribution in [0.1, 0.15) is 61.9 Å². The third-order valence-corrected chi connectivity index (χ3v) is 9.08. The van der Waals surface area contributed by atoms with Crippen LogP contribution in [0.3, 0.4) is 0 Å². The summed E-state index contributed by atoms with van der Waals surface area (Å²) in [5.41, 5.74) is 1.96. The number of amides is 2. The number of para-hydroxylation sites is 1. The van der Waals surface area contributed by atoms with E-state index in [0.29, 0.717) is 18.5 Å². The van der Waals surface area contributed by atoms with Crippen molar-refractivity contribution < 1.29 is 29.0 Å². The highest BCUT2D eigenvalue weighted by Crippen LogP contribution is 2.43. The van der Waals surface area contributed by atoms with Gasteiger partial charge in [0.2, 0.25) is 11.4 Å². The summed E-state index contributed by atoms with van der Waals surface area (Å²) in [5, 5.41) is 13.4. The lowest BCUT2D eigenvalue weighted by Crippen LogP contribution is -2.63. The maximum absolute atomic E-state index is 15.1. The van der Waals surface area contributed by atoms with Gasteiger partial charge >= 0.3 is 11.9 Å². The zero-order chi connectivity index (χ0) is 31.9. The number of likely N-dealkylation sites (tertiary alicyclic amines) is 1. The molecule has 4 atom stereocenters. The molecule has 0 saturated carbocycles. The van der Waals surface area contributed by atoms with Crippen LogP contribution in [0.5, 0.6) is 0 Å². The first-order valence-electron chi connectivity index (χ1n) is 15.5. The van der Waals surface area contributed by atoms with Gasteiger partial charge in [-0.15, -0.1) is 0 Å². The Bertz CT molecular complexity index is 1610. The van der Waals surface area contributed by atoms with Crippen LogP contribution in [0.4, 0.5) is 5.69 Å². The van der Waals surface area contributed by atoms with Gasteiger partial charge < -0.3 is 25.0 Å². The number of ether oxygens (including phenoxy) is 1. The number of carboxylic acid groups (broad SMARTS) is 1. The molecular weight excluding hydrogens is 570 g/mol. The molecule has 1 fully saturated rings. The molecule has 0 bridgehead atoms. The Kier molecular flexibility index (Phi) is 7.89. The van der Waals surface area contributed by atoms with E-state index in [1.54, 1.807) is 0 Å². The molecule has 9 nitrogen and oxygen atoms in total. The van der Waals surface area contributed by atoms with Gasteiger partial charge in [-0.3, -0.25) is 9.59 Å². The lowest BCUT2D eigenvalue weighted by molar-refractivity contribution is -0.163. The number of benzene rings is 3. The van der Waals surface area contributed by atoms with Crippen LogP contribution in [0.15, 0.2) is 78.9 Å². The molecule has 1 saturated heterocycles. The van der Waals surface area contributed by atoms with Crippen molar-refractivity contribution in [3.63, 3.8) is 0 Å². The molecule has 0 unspecified atom stereocenters. The van der Waals surface area contributed by atoms with Gasteiger partial charge in [0.05, 0.1) is 12.6 Å². The van der Waals surface area contributed by atoms with Crippen molar-refractivity contribution in [1.82, 2.24) is 9.80 Å². The average Bonchev–Trinajstić information content (AvgIpc) is 3.65. The van der Waals surface area contributed by atoms with E-state index < -0.39 is 47.4 Å². The molecule has 0 aromatic heterocycles. The molecule has 0 radical (unpaired) electrons. The first-order valence-corrected chi connectivity index (χ1v) is 15.5. The predicted molar refractivity (Wildman–Crippen MR) is 168 cm³/mol. The van der Waals surface area contributed by atoms with E-state index >= 15 is 4.79 Å². The Morgan fingerprint density at radius 1 is 0.867 bits per heavy atom. The van der Waals surface area contributed by atoms with Gasteiger partial charge in [-0.05, 0) is 46.6 Å². The number of carboxylic acids is 1. The Morgan fingerprint density at radius 2 is 1.51 bits per heavy atom. The Hall–Kier alpha value is -4.66. The van der Waals surface area contributed by atoms with E-state index in [1.165, 1.54) is 9.80 Å². The van der Waals surface area contributed by atoms with Crippen LogP contribution in [-0.2, 0) is 43.3 Å². The monoisotopic (exact) mass is 609 g/mol. The van der Waals surface area contributed by atoms with Gasteiger partial charge in [0.15, 0.2) is 0 Å². The number of aliphatic carboxylic acids is 1. The molecule has 3 heterocycles. The summed E-state index contributed by atoms with van der Waals surface area (Å²) in [5.74, 6) is -2.77. The Labute approximate surface area is 263 Å². The molecule has 2 amide bonds. The van der Waals surface area contributed by atoms with Crippen molar-refractivity contribution in [2.45, 2.75) is 76.7 Å². The SMILES string of the molecule is CC(C)(C)COC(=O)[C@]1(C(=O)N2[C@@H](C(=O)N3Cc4ccccc4C[C@@H]3C(=O)O)CC[C@H]2c2ccccc2)Cc2ccccc2N1. The van der Waals surface area contributed by atoms with Crippen LogP contribution >= 0.6 is 0 Å². The minimum atomic E-state index is -1.79. The molecular formula is C36H39N3O6. The minimum absolute atomic E-state index is 0.0682. The number of carbonyl (C=O) groups excluding carboxylic acids is 3. The maximum atomic E-state index is 15.1. The Balaban J connectivity index is 1.41. The maximum Gasteiger partial charge on any atom is 0.342 e. The molecule has 3 aliphatic rings. The van der Waals surface area contributed by atoms with Gasteiger partial charge in [-0.2, -0.15) is 0 Å². The van der Waals surface area contributed by atoms with Crippen LogP contribution in [-0.4, -0.2) is 62.9 Å². The summed E-state index contributed by atoms with van der Waals surface area (Å²) in [6.07, 6.45) is 1.06. The number of nitrogens with one attached hydrogen (secondary N) is 1. The third kappa shape index (κ3) is 5.67. The van der Waals surface area contributed by atoms with Gasteiger partial charge in [-0.1, -0.05) is 93.6 Å². The summed E-state index contributed by atoms with van der Waals surface area (Å²) < 4.78 is 5.82. The predicted octanol–water partition coefficient (Wildman–Crippen LogP) is 4.75. The Morgan fingerprint density at radius 3 is 2.18 bits per heavy atom. The highest BCUT2D eigenvalue weighted by molar-refractivity contribution is 6.13. The van der Waals surface area contributed by atoms with Crippen molar-refractivity contribution in [2.75, 3.05) is 11.9 Å². The molecule has 0 spiro atoms. The van der Waals surface area contributed by atoms with Gasteiger partial charge in [0.1, 0.15) is 12.1 Å². The second-order valence-electron chi connectivity index (χ2n) is 13.5. The van der Waals surface area contributed by atoms with E-state index in [2.05, 4.69) is 5.32 Å². The van der Waals surface area contributed by atoms with Crippen molar-refractivity contribution >= 4 is 29.4 Å². The number of nitrogens with zero attached hydrogens (tertiary/aromatic N) is 2. The summed E-state index contributed by atoms with van der Waals surface area (Å²) in [4.78, 5) is 59.1. The summed E-state index contributed by atoms with van der Waals surface area (Å²) in [7, 11) is 0. The number of esters is 1. The molecule has 45 heavy (non-hydrogen) atoms. The third-order valence-electron chi connectivity index (χ3n) is 9.08. The first kappa shape index (κ1) is 30.4. The zero-order valence-corrected chi connectivity index (χ0v) is 25.9. The van der Waals surface area contributed by atoms with Gasteiger partial charge in [-0.25, -0.2) is 9.59 Å². The second-order valence-corrected chi connectivity index (χ2v) is 13.5. The number of hydrogen-bond donors (Lipinski definition) is 2.